The first-order chi connectivity index (χ1) is 9.51. The van der Waals surface area contributed by atoms with Crippen molar-refractivity contribution in [2.24, 2.45) is 5.92 Å². The fraction of sp³-hybridized carbons (Fsp3) is 0.429. The minimum Gasteiger partial charge on any atom is -0.480 e. The van der Waals surface area contributed by atoms with Crippen molar-refractivity contribution in [1.29, 1.82) is 5.26 Å². The molecule has 6 heteroatoms. The zero-order chi connectivity index (χ0) is 14.7. The van der Waals surface area contributed by atoms with Gasteiger partial charge in [0, 0.05) is 6.54 Å². The first kappa shape index (κ1) is 14.0. The lowest BCUT2D eigenvalue weighted by molar-refractivity contribution is -0.137. The molecule has 1 aliphatic carbocycles. The van der Waals surface area contributed by atoms with E-state index in [-0.39, 0.29) is 12.2 Å². The molecular weight excluding hydrogens is 258 g/mol. The van der Waals surface area contributed by atoms with E-state index < -0.39 is 11.9 Å². The van der Waals surface area contributed by atoms with Crippen LogP contribution in [0.2, 0.25) is 0 Å². The maximum Gasteiger partial charge on any atom is 0.323 e. The average molecular weight is 273 g/mol. The van der Waals surface area contributed by atoms with Gasteiger partial charge in [0.05, 0.1) is 11.3 Å². The summed E-state index contributed by atoms with van der Waals surface area (Å²) in [5, 5.41) is 17.7. The van der Waals surface area contributed by atoms with Crippen LogP contribution in [-0.2, 0) is 4.79 Å². The normalized spacial score (nSPS) is 13.6. The molecule has 1 fully saturated rings. The summed E-state index contributed by atoms with van der Waals surface area (Å²) in [6.07, 6.45) is 2.06. The van der Waals surface area contributed by atoms with Gasteiger partial charge in [0.2, 0.25) is 0 Å². The summed E-state index contributed by atoms with van der Waals surface area (Å²) in [6, 6.07) is 4.98. The Morgan fingerprint density at radius 3 is 2.70 bits per heavy atom. The Morgan fingerprint density at radius 1 is 1.50 bits per heavy atom. The van der Waals surface area contributed by atoms with Crippen LogP contribution in [0.15, 0.2) is 12.1 Å². The predicted molar refractivity (Wildman–Crippen MR) is 70.0 cm³/mol. The lowest BCUT2D eigenvalue weighted by Gasteiger charge is -2.20. The van der Waals surface area contributed by atoms with E-state index in [2.05, 4.69) is 4.98 Å². The number of carboxylic acid groups (broad SMARTS) is 1. The molecule has 0 saturated heterocycles. The first-order valence-electron chi connectivity index (χ1n) is 6.40. The maximum absolute atomic E-state index is 12.3. The molecule has 0 aliphatic heterocycles. The molecule has 0 bridgehead atoms. The summed E-state index contributed by atoms with van der Waals surface area (Å²) in [7, 11) is 0. The summed E-state index contributed by atoms with van der Waals surface area (Å²) in [6.45, 7) is 1.78. The van der Waals surface area contributed by atoms with Gasteiger partial charge in [-0.15, -0.1) is 0 Å². The molecule has 1 aliphatic rings. The van der Waals surface area contributed by atoms with Crippen LogP contribution in [0, 0.1) is 24.2 Å². The Bertz CT molecular complexity index is 588. The molecule has 6 nitrogen and oxygen atoms in total. The van der Waals surface area contributed by atoms with E-state index in [0.29, 0.717) is 23.7 Å². The number of nitrogens with zero attached hydrogens (tertiary/aromatic N) is 3. The second-order valence-electron chi connectivity index (χ2n) is 4.96. The van der Waals surface area contributed by atoms with E-state index in [9.17, 15) is 9.59 Å². The molecule has 1 aromatic heterocycles. The summed E-state index contributed by atoms with van der Waals surface area (Å²) >= 11 is 0. The number of hydrogen-bond donors (Lipinski definition) is 1. The lowest BCUT2D eigenvalue weighted by atomic mass is 10.2. The second-order valence-corrected chi connectivity index (χ2v) is 4.96. The van der Waals surface area contributed by atoms with Crippen LogP contribution in [0.25, 0.3) is 0 Å². The van der Waals surface area contributed by atoms with Crippen molar-refractivity contribution in [2.45, 2.75) is 19.8 Å². The number of carbonyl (C=O) groups is 2. The van der Waals surface area contributed by atoms with Gasteiger partial charge in [-0.05, 0) is 37.8 Å². The number of hydrogen-bond acceptors (Lipinski definition) is 4. The van der Waals surface area contributed by atoms with E-state index >= 15 is 0 Å². The van der Waals surface area contributed by atoms with Crippen LogP contribution in [0.3, 0.4) is 0 Å². The van der Waals surface area contributed by atoms with Gasteiger partial charge in [-0.25, -0.2) is 4.98 Å². The molecule has 1 N–H and O–H groups in total. The molecule has 1 saturated carbocycles. The van der Waals surface area contributed by atoms with Gasteiger partial charge >= 0.3 is 5.97 Å². The van der Waals surface area contributed by atoms with Crippen molar-refractivity contribution in [3.05, 3.63) is 29.1 Å². The summed E-state index contributed by atoms with van der Waals surface area (Å²) in [5.74, 6) is -1.03. The third-order valence-electron chi connectivity index (χ3n) is 3.21. The van der Waals surface area contributed by atoms with E-state index in [1.807, 2.05) is 6.07 Å². The van der Waals surface area contributed by atoms with Crippen LogP contribution < -0.4 is 0 Å². The van der Waals surface area contributed by atoms with Crippen molar-refractivity contribution >= 4 is 11.9 Å². The Balaban J connectivity index is 2.19. The van der Waals surface area contributed by atoms with E-state index in [1.54, 1.807) is 6.92 Å². The number of pyridine rings is 1. The van der Waals surface area contributed by atoms with Crippen molar-refractivity contribution in [3.8, 4) is 6.07 Å². The quantitative estimate of drug-likeness (QED) is 0.869. The van der Waals surface area contributed by atoms with Crippen LogP contribution in [0.5, 0.6) is 0 Å². The van der Waals surface area contributed by atoms with E-state index in [0.717, 1.165) is 12.8 Å². The van der Waals surface area contributed by atoms with Crippen LogP contribution >= 0.6 is 0 Å². The van der Waals surface area contributed by atoms with Gasteiger partial charge in [-0.3, -0.25) is 9.59 Å². The number of rotatable bonds is 5. The van der Waals surface area contributed by atoms with E-state index in [1.165, 1.54) is 17.0 Å². The zero-order valence-electron chi connectivity index (χ0n) is 11.2. The molecule has 1 heterocycles. The number of aliphatic carboxylic acids is 1. The van der Waals surface area contributed by atoms with Gasteiger partial charge < -0.3 is 10.0 Å². The Morgan fingerprint density at radius 2 is 2.20 bits per heavy atom. The standard InChI is InChI=1S/C14H15N3O3/c1-9-11(6-15)4-5-12(16-9)14(20)17(8-13(18)19)7-10-2-3-10/h4-5,10H,2-3,7-8H2,1H3,(H,18,19). The van der Waals surface area contributed by atoms with E-state index in [4.69, 9.17) is 10.4 Å². The lowest BCUT2D eigenvalue weighted by Crippen LogP contribution is -2.37. The molecule has 20 heavy (non-hydrogen) atoms. The SMILES string of the molecule is Cc1nc(C(=O)N(CC(=O)O)CC2CC2)ccc1C#N. The molecular formula is C14H15N3O3. The van der Waals surface area contributed by atoms with Crippen molar-refractivity contribution in [1.82, 2.24) is 9.88 Å². The Kier molecular flexibility index (Phi) is 3.99. The molecule has 1 aromatic rings. The molecule has 0 spiro atoms. The number of carboxylic acids is 1. The molecule has 104 valence electrons. The van der Waals surface area contributed by atoms with Crippen molar-refractivity contribution in [2.75, 3.05) is 13.1 Å². The number of aryl methyl sites for hydroxylation is 1. The maximum atomic E-state index is 12.3. The van der Waals surface area contributed by atoms with Crippen LogP contribution in [0.1, 0.15) is 34.6 Å². The minimum absolute atomic E-state index is 0.184. The third kappa shape index (κ3) is 3.32. The largest absolute Gasteiger partial charge is 0.480 e. The fourth-order valence-electron chi connectivity index (χ4n) is 1.95. The van der Waals surface area contributed by atoms with Gasteiger partial charge in [0.1, 0.15) is 18.3 Å². The molecule has 0 radical (unpaired) electrons. The van der Waals surface area contributed by atoms with Gasteiger partial charge in [-0.1, -0.05) is 0 Å². The van der Waals surface area contributed by atoms with Crippen molar-refractivity contribution < 1.29 is 14.7 Å². The monoisotopic (exact) mass is 273 g/mol. The third-order valence-corrected chi connectivity index (χ3v) is 3.21. The molecule has 0 atom stereocenters. The highest BCUT2D eigenvalue weighted by Gasteiger charge is 2.29. The number of carbonyl (C=O) groups excluding carboxylic acids is 1. The summed E-state index contributed by atoms with van der Waals surface area (Å²) in [5.41, 5.74) is 1.07. The number of nitriles is 1. The first-order valence-corrected chi connectivity index (χ1v) is 6.40. The number of amides is 1. The molecule has 0 aromatic carbocycles. The molecule has 0 unspecified atom stereocenters. The van der Waals surface area contributed by atoms with Gasteiger partial charge in [-0.2, -0.15) is 5.26 Å². The predicted octanol–water partition coefficient (Wildman–Crippen LogP) is 1.20. The summed E-state index contributed by atoms with van der Waals surface area (Å²) < 4.78 is 0. The zero-order valence-corrected chi connectivity index (χ0v) is 11.2. The highest BCUT2D eigenvalue weighted by Crippen LogP contribution is 2.30. The smallest absolute Gasteiger partial charge is 0.323 e. The van der Waals surface area contributed by atoms with Gasteiger partial charge in [0.15, 0.2) is 0 Å². The summed E-state index contributed by atoms with van der Waals surface area (Å²) in [4.78, 5) is 28.6. The second kappa shape index (κ2) is 5.70. The highest BCUT2D eigenvalue weighted by molar-refractivity contribution is 5.94. The Labute approximate surface area is 116 Å². The highest BCUT2D eigenvalue weighted by atomic mass is 16.4. The topological polar surface area (TPSA) is 94.3 Å². The minimum atomic E-state index is -1.04. The average Bonchev–Trinajstić information content (AvgIpc) is 3.20. The number of aromatic nitrogens is 1. The van der Waals surface area contributed by atoms with Gasteiger partial charge in [0.25, 0.3) is 5.91 Å². The molecule has 2 rings (SSSR count). The van der Waals surface area contributed by atoms with Crippen LogP contribution in [-0.4, -0.2) is 40.0 Å². The van der Waals surface area contributed by atoms with Crippen LogP contribution in [0.4, 0.5) is 0 Å². The fourth-order valence-corrected chi connectivity index (χ4v) is 1.95. The Hall–Kier alpha value is -2.42. The molecule has 1 amide bonds. The van der Waals surface area contributed by atoms with Crippen molar-refractivity contribution in [3.63, 3.8) is 0 Å².